The Morgan fingerprint density at radius 2 is 1.76 bits per heavy atom. The minimum Gasteiger partial charge on any atom is -0.445 e. The van der Waals surface area contributed by atoms with Crippen molar-refractivity contribution in [1.82, 2.24) is 9.78 Å². The fourth-order valence-corrected chi connectivity index (χ4v) is 3.33. The smallest absolute Gasteiger partial charge is 0.435 e. The first kappa shape index (κ1) is 21.8. The maximum Gasteiger partial charge on any atom is 0.435 e. The second kappa shape index (κ2) is 7.94. The van der Waals surface area contributed by atoms with Gasteiger partial charge in [-0.2, -0.15) is 19.9 Å². The van der Waals surface area contributed by atoms with Crippen LogP contribution in [0.3, 0.4) is 0 Å². The molecule has 168 valence electrons. The van der Waals surface area contributed by atoms with E-state index in [0.29, 0.717) is 5.39 Å². The van der Waals surface area contributed by atoms with Gasteiger partial charge in [0.25, 0.3) is 17.3 Å². The molecule has 3 aromatic rings. The topological polar surface area (TPSA) is 163 Å². The largest absolute Gasteiger partial charge is 0.445 e. The molecule has 2 heterocycles. The average molecular weight is 473 g/mol. The summed E-state index contributed by atoms with van der Waals surface area (Å²) in [6.45, 7) is 0.909. The summed E-state index contributed by atoms with van der Waals surface area (Å²) in [4.78, 5) is 44.3. The number of hydrogen-bond donors (Lipinski definition) is 0. The number of alkyl halides is 1. The van der Waals surface area contributed by atoms with Gasteiger partial charge in [-0.15, -0.1) is 0 Å². The normalized spacial score (nSPS) is 17.8. The van der Waals surface area contributed by atoms with Crippen LogP contribution in [0.4, 0.5) is 21.9 Å². The van der Waals surface area contributed by atoms with Gasteiger partial charge in [-0.25, -0.2) is 4.79 Å². The first-order valence-corrected chi connectivity index (χ1v) is 9.62. The Bertz CT molecular complexity index is 1350. The Labute approximate surface area is 189 Å². The van der Waals surface area contributed by atoms with E-state index in [1.165, 1.54) is 55.6 Å². The Hall–Kier alpha value is -4.39. The predicted octanol–water partition coefficient (Wildman–Crippen LogP) is 3.24. The zero-order valence-electron chi connectivity index (χ0n) is 16.7. The van der Waals surface area contributed by atoms with Crippen LogP contribution in [0.25, 0.3) is 10.9 Å². The summed E-state index contributed by atoms with van der Waals surface area (Å²) in [6, 6.07) is 8.95. The van der Waals surface area contributed by atoms with Crippen molar-refractivity contribution in [2.45, 2.75) is 11.8 Å². The first-order valence-electron chi connectivity index (χ1n) is 9.25. The van der Waals surface area contributed by atoms with E-state index in [0.717, 1.165) is 9.69 Å². The number of nitro groups is 2. The molecule has 0 aliphatic carbocycles. The number of ether oxygens (including phenoxy) is 1. The number of benzene rings is 2. The Kier molecular flexibility index (Phi) is 5.25. The molecule has 14 heteroatoms. The number of halogens is 1. The molecular formula is C19H13ClN6O7. The van der Waals surface area contributed by atoms with Crippen LogP contribution in [-0.4, -0.2) is 48.8 Å². The SMILES string of the molecule is CC1=NN(c2ccc([N+](=O)[O-])cc2)C(=O)C1(Cl)COC(=O)n1ncc2cc([N+](=O)[O-])ccc21. The van der Waals surface area contributed by atoms with E-state index in [4.69, 9.17) is 16.3 Å². The number of amides is 1. The van der Waals surface area contributed by atoms with Crippen molar-refractivity contribution in [3.05, 3.63) is 68.9 Å². The Balaban J connectivity index is 1.51. The standard InChI is InChI=1S/C19H13ClN6O7/c1-11-19(20,17(27)23(22-11)13-2-4-14(5-3-13)25(29)30)10-33-18(28)24-16-7-6-15(26(31)32)8-12(16)9-21-24/h2-9H,10H2,1H3. The zero-order chi connectivity index (χ0) is 23.9. The van der Waals surface area contributed by atoms with Gasteiger partial charge in [0.2, 0.25) is 0 Å². The van der Waals surface area contributed by atoms with E-state index in [2.05, 4.69) is 10.2 Å². The van der Waals surface area contributed by atoms with Crippen molar-refractivity contribution in [2.75, 3.05) is 11.6 Å². The van der Waals surface area contributed by atoms with Gasteiger partial charge in [0.15, 0.2) is 4.87 Å². The summed E-state index contributed by atoms with van der Waals surface area (Å²) in [5.41, 5.74) is 0.350. The number of hydrazone groups is 1. The third-order valence-electron chi connectivity index (χ3n) is 4.99. The highest BCUT2D eigenvalue weighted by molar-refractivity contribution is 6.50. The van der Waals surface area contributed by atoms with Crippen molar-refractivity contribution >= 4 is 57.3 Å². The van der Waals surface area contributed by atoms with Crippen LogP contribution in [-0.2, 0) is 9.53 Å². The lowest BCUT2D eigenvalue weighted by atomic mass is 10.0. The number of carbonyl (C=O) groups excluding carboxylic acids is 2. The van der Waals surface area contributed by atoms with Crippen molar-refractivity contribution in [3.8, 4) is 0 Å². The molecule has 0 radical (unpaired) electrons. The molecule has 13 nitrogen and oxygen atoms in total. The van der Waals surface area contributed by atoms with Gasteiger partial charge in [0.05, 0.1) is 33.0 Å². The van der Waals surface area contributed by atoms with Crippen molar-refractivity contribution in [1.29, 1.82) is 0 Å². The molecule has 1 amide bonds. The number of nitrogens with zero attached hydrogens (tertiary/aromatic N) is 6. The van der Waals surface area contributed by atoms with E-state index < -0.39 is 33.3 Å². The number of non-ortho nitro benzene ring substituents is 2. The minimum atomic E-state index is -1.79. The van der Waals surface area contributed by atoms with E-state index in [1.807, 2.05) is 0 Å². The minimum absolute atomic E-state index is 0.154. The first-order chi connectivity index (χ1) is 15.6. The lowest BCUT2D eigenvalue weighted by molar-refractivity contribution is -0.385. The molecular weight excluding hydrogens is 460 g/mol. The molecule has 0 saturated heterocycles. The van der Waals surface area contributed by atoms with E-state index >= 15 is 0 Å². The maximum atomic E-state index is 12.9. The van der Waals surface area contributed by atoms with E-state index in [1.54, 1.807) is 0 Å². The molecule has 0 spiro atoms. The number of carbonyl (C=O) groups is 2. The lowest BCUT2D eigenvalue weighted by Gasteiger charge is -2.21. The molecule has 0 N–H and O–H groups in total. The molecule has 1 aromatic heterocycles. The number of hydrogen-bond acceptors (Lipinski definition) is 9. The van der Waals surface area contributed by atoms with Crippen LogP contribution in [0.1, 0.15) is 6.92 Å². The third-order valence-corrected chi connectivity index (χ3v) is 5.53. The van der Waals surface area contributed by atoms with Crippen LogP contribution in [0, 0.1) is 20.2 Å². The molecule has 1 aliphatic heterocycles. The summed E-state index contributed by atoms with van der Waals surface area (Å²) < 4.78 is 6.10. The molecule has 1 aliphatic rings. The van der Waals surface area contributed by atoms with Crippen molar-refractivity contribution in [3.63, 3.8) is 0 Å². The second-order valence-corrected chi connectivity index (χ2v) is 7.63. The fraction of sp³-hybridized carbons (Fsp3) is 0.158. The number of anilines is 1. The Morgan fingerprint density at radius 3 is 2.39 bits per heavy atom. The van der Waals surface area contributed by atoms with Gasteiger partial charge >= 0.3 is 6.09 Å². The highest BCUT2D eigenvalue weighted by Crippen LogP contribution is 2.32. The quantitative estimate of drug-likeness (QED) is 0.310. The predicted molar refractivity (Wildman–Crippen MR) is 115 cm³/mol. The summed E-state index contributed by atoms with van der Waals surface area (Å²) in [7, 11) is 0. The molecule has 4 rings (SSSR count). The van der Waals surface area contributed by atoms with Gasteiger partial charge in [-0.05, 0) is 25.1 Å². The maximum absolute atomic E-state index is 12.9. The van der Waals surface area contributed by atoms with Gasteiger partial charge in [0.1, 0.15) is 6.61 Å². The van der Waals surface area contributed by atoms with Gasteiger partial charge in [0, 0.05) is 29.7 Å². The monoisotopic (exact) mass is 472 g/mol. The highest BCUT2D eigenvalue weighted by atomic mass is 35.5. The molecule has 1 atom stereocenters. The molecule has 1 unspecified atom stereocenters. The lowest BCUT2D eigenvalue weighted by Crippen LogP contribution is -2.45. The van der Waals surface area contributed by atoms with Crippen LogP contribution in [0.2, 0.25) is 0 Å². The summed E-state index contributed by atoms with van der Waals surface area (Å²) in [5, 5.41) is 31.0. The van der Waals surface area contributed by atoms with Gasteiger partial charge < -0.3 is 4.74 Å². The van der Waals surface area contributed by atoms with Crippen molar-refractivity contribution in [2.24, 2.45) is 5.10 Å². The zero-order valence-corrected chi connectivity index (χ0v) is 17.5. The second-order valence-electron chi connectivity index (χ2n) is 6.99. The Morgan fingerprint density at radius 1 is 1.12 bits per heavy atom. The molecule has 33 heavy (non-hydrogen) atoms. The van der Waals surface area contributed by atoms with Crippen LogP contribution < -0.4 is 5.01 Å². The average Bonchev–Trinajstić information content (AvgIpc) is 3.32. The van der Waals surface area contributed by atoms with Gasteiger partial charge in [-0.1, -0.05) is 11.6 Å². The molecule has 2 aromatic carbocycles. The summed E-state index contributed by atoms with van der Waals surface area (Å²) >= 11 is 6.47. The third kappa shape index (κ3) is 3.74. The van der Waals surface area contributed by atoms with Crippen LogP contribution in [0.15, 0.2) is 53.8 Å². The van der Waals surface area contributed by atoms with E-state index in [-0.39, 0.29) is 28.3 Å². The molecule has 0 bridgehead atoms. The summed E-state index contributed by atoms with van der Waals surface area (Å²) in [5.74, 6) is -0.704. The number of aromatic nitrogens is 2. The van der Waals surface area contributed by atoms with Crippen molar-refractivity contribution < 1.29 is 24.2 Å². The fourth-order valence-electron chi connectivity index (χ4n) is 3.16. The number of rotatable bonds is 5. The van der Waals surface area contributed by atoms with Crippen LogP contribution in [0.5, 0.6) is 0 Å². The number of fused-ring (bicyclic) bond motifs is 1. The van der Waals surface area contributed by atoms with E-state index in [9.17, 15) is 29.8 Å². The summed E-state index contributed by atoms with van der Waals surface area (Å²) in [6.07, 6.45) is 0.317. The molecule has 0 saturated carbocycles. The number of nitro benzene ring substituents is 2. The highest BCUT2D eigenvalue weighted by Gasteiger charge is 2.49. The molecule has 0 fully saturated rings. The van der Waals surface area contributed by atoms with Crippen LogP contribution >= 0.6 is 11.6 Å². The van der Waals surface area contributed by atoms with Gasteiger partial charge in [-0.3, -0.25) is 25.0 Å².